The van der Waals surface area contributed by atoms with E-state index in [9.17, 15) is 9.59 Å². The van der Waals surface area contributed by atoms with E-state index in [-0.39, 0.29) is 18.5 Å². The van der Waals surface area contributed by atoms with Gasteiger partial charge < -0.3 is 10.1 Å². The molecule has 0 bridgehead atoms. The van der Waals surface area contributed by atoms with Gasteiger partial charge in [0, 0.05) is 13.8 Å². The number of hydrogen-bond donors (Lipinski definition) is 1. The molecule has 0 saturated heterocycles. The molecule has 1 rings (SSSR count). The van der Waals surface area contributed by atoms with Gasteiger partial charge in [0.2, 0.25) is 5.91 Å². The highest BCUT2D eigenvalue weighted by Crippen LogP contribution is 2.17. The van der Waals surface area contributed by atoms with Gasteiger partial charge in [-0.3, -0.25) is 9.59 Å². The van der Waals surface area contributed by atoms with Crippen LogP contribution < -0.4 is 5.32 Å². The van der Waals surface area contributed by atoms with Crippen LogP contribution in [0.25, 0.3) is 0 Å². The van der Waals surface area contributed by atoms with E-state index < -0.39 is 5.54 Å². The molecular weight excluding hydrogens is 386 g/mol. The van der Waals surface area contributed by atoms with Gasteiger partial charge in [-0.05, 0) is 43.7 Å². The molecule has 176 valence electrons. The highest BCUT2D eigenvalue weighted by molar-refractivity contribution is 5.74. The molecule has 1 atom stereocenters. The highest BCUT2D eigenvalue weighted by atomic mass is 16.5. The van der Waals surface area contributed by atoms with Crippen LogP contribution in [-0.4, -0.2) is 24.0 Å². The van der Waals surface area contributed by atoms with Crippen molar-refractivity contribution < 1.29 is 14.3 Å². The molecular formula is C27H45NO3. The van der Waals surface area contributed by atoms with E-state index >= 15 is 0 Å². The zero-order chi connectivity index (χ0) is 23.0. The Kier molecular flexibility index (Phi) is 13.9. The third-order valence-electron chi connectivity index (χ3n) is 5.88. The SMILES string of the molecule is CCCCCCCCCCCCc1ccc(CCC(C)(COC(C)=O)NC(C)=O)cc1. The first-order chi connectivity index (χ1) is 14.8. The van der Waals surface area contributed by atoms with Gasteiger partial charge in [-0.15, -0.1) is 0 Å². The smallest absolute Gasteiger partial charge is 0.302 e. The number of hydrogen-bond acceptors (Lipinski definition) is 3. The Hall–Kier alpha value is -1.84. The Morgan fingerprint density at radius 3 is 1.77 bits per heavy atom. The van der Waals surface area contributed by atoms with Crippen molar-refractivity contribution in [3.63, 3.8) is 0 Å². The van der Waals surface area contributed by atoms with E-state index in [1.165, 1.54) is 89.2 Å². The third kappa shape index (κ3) is 14.0. The van der Waals surface area contributed by atoms with Gasteiger partial charge in [0.25, 0.3) is 0 Å². The van der Waals surface area contributed by atoms with E-state index in [2.05, 4.69) is 36.5 Å². The van der Waals surface area contributed by atoms with Gasteiger partial charge in [0.15, 0.2) is 0 Å². The predicted octanol–water partition coefficient (Wildman–Crippen LogP) is 6.54. The van der Waals surface area contributed by atoms with Crippen molar-refractivity contribution in [2.24, 2.45) is 0 Å². The second kappa shape index (κ2) is 15.9. The second-order valence-corrected chi connectivity index (χ2v) is 9.27. The fraction of sp³-hybridized carbons (Fsp3) is 0.704. The molecule has 4 nitrogen and oxygen atoms in total. The Balaban J connectivity index is 2.28. The molecule has 1 amide bonds. The molecule has 0 spiro atoms. The lowest BCUT2D eigenvalue weighted by atomic mass is 9.93. The molecule has 4 heteroatoms. The molecule has 1 N–H and O–H groups in total. The summed E-state index contributed by atoms with van der Waals surface area (Å²) in [7, 11) is 0. The maximum absolute atomic E-state index is 11.5. The summed E-state index contributed by atoms with van der Waals surface area (Å²) in [5.74, 6) is -0.436. The third-order valence-corrected chi connectivity index (χ3v) is 5.88. The zero-order valence-electron chi connectivity index (χ0n) is 20.4. The van der Waals surface area contributed by atoms with E-state index in [0.717, 1.165) is 19.3 Å². The number of aryl methyl sites for hydroxylation is 2. The van der Waals surface area contributed by atoms with Crippen molar-refractivity contribution in [1.82, 2.24) is 5.32 Å². The van der Waals surface area contributed by atoms with Gasteiger partial charge in [-0.1, -0.05) is 89.0 Å². The summed E-state index contributed by atoms with van der Waals surface area (Å²) in [5, 5.41) is 2.94. The summed E-state index contributed by atoms with van der Waals surface area (Å²) in [6, 6.07) is 8.83. The molecule has 31 heavy (non-hydrogen) atoms. The number of carbonyl (C=O) groups excluding carboxylic acids is 2. The summed E-state index contributed by atoms with van der Waals surface area (Å²) in [6.07, 6.45) is 16.4. The van der Waals surface area contributed by atoms with Crippen molar-refractivity contribution >= 4 is 11.9 Å². The maximum Gasteiger partial charge on any atom is 0.302 e. The number of carbonyl (C=O) groups is 2. The average Bonchev–Trinajstić information content (AvgIpc) is 2.73. The van der Waals surface area contributed by atoms with Crippen LogP contribution in [0.2, 0.25) is 0 Å². The summed E-state index contributed by atoms with van der Waals surface area (Å²) < 4.78 is 5.16. The van der Waals surface area contributed by atoms with Gasteiger partial charge >= 0.3 is 5.97 Å². The van der Waals surface area contributed by atoms with Crippen LogP contribution in [0.1, 0.15) is 109 Å². The Morgan fingerprint density at radius 2 is 1.29 bits per heavy atom. The van der Waals surface area contributed by atoms with Crippen molar-refractivity contribution in [3.05, 3.63) is 35.4 Å². The fourth-order valence-corrected chi connectivity index (χ4v) is 3.97. The second-order valence-electron chi connectivity index (χ2n) is 9.27. The number of rotatable bonds is 17. The number of benzene rings is 1. The van der Waals surface area contributed by atoms with E-state index in [0.29, 0.717) is 0 Å². The summed E-state index contributed by atoms with van der Waals surface area (Å²) >= 11 is 0. The molecule has 1 unspecified atom stereocenters. The summed E-state index contributed by atoms with van der Waals surface area (Å²) in [6.45, 7) is 7.27. The van der Waals surface area contributed by atoms with Crippen LogP contribution >= 0.6 is 0 Å². The number of unbranched alkanes of at least 4 members (excludes halogenated alkanes) is 9. The molecule has 0 aromatic heterocycles. The Morgan fingerprint density at radius 1 is 0.806 bits per heavy atom. The first-order valence-electron chi connectivity index (χ1n) is 12.3. The topological polar surface area (TPSA) is 55.4 Å². The van der Waals surface area contributed by atoms with Crippen LogP contribution in [0.3, 0.4) is 0 Å². The number of ether oxygens (including phenoxy) is 1. The molecule has 0 aliphatic heterocycles. The number of amides is 1. The fourth-order valence-electron chi connectivity index (χ4n) is 3.97. The molecule has 0 aliphatic rings. The molecule has 1 aromatic rings. The lowest BCUT2D eigenvalue weighted by Crippen LogP contribution is -2.49. The first kappa shape index (κ1) is 27.2. The van der Waals surface area contributed by atoms with Crippen molar-refractivity contribution in [2.45, 2.75) is 117 Å². The molecule has 0 fully saturated rings. The minimum atomic E-state index is -0.549. The van der Waals surface area contributed by atoms with Gasteiger partial charge in [-0.25, -0.2) is 0 Å². The van der Waals surface area contributed by atoms with Crippen molar-refractivity contribution in [1.29, 1.82) is 0 Å². The minimum absolute atomic E-state index is 0.110. The molecule has 0 saturated carbocycles. The molecule has 0 heterocycles. The first-order valence-corrected chi connectivity index (χ1v) is 12.3. The van der Waals surface area contributed by atoms with Crippen molar-refractivity contribution in [3.8, 4) is 0 Å². The van der Waals surface area contributed by atoms with Crippen LogP contribution in [0.15, 0.2) is 24.3 Å². The van der Waals surface area contributed by atoms with Crippen molar-refractivity contribution in [2.75, 3.05) is 6.61 Å². The number of nitrogens with one attached hydrogen (secondary N) is 1. The highest BCUT2D eigenvalue weighted by Gasteiger charge is 2.26. The van der Waals surface area contributed by atoms with Crippen LogP contribution in [-0.2, 0) is 27.2 Å². The molecule has 0 radical (unpaired) electrons. The Bertz CT molecular complexity index is 626. The largest absolute Gasteiger partial charge is 0.463 e. The quantitative estimate of drug-likeness (QED) is 0.225. The van der Waals surface area contributed by atoms with Crippen LogP contribution in [0, 0.1) is 0 Å². The molecule has 1 aromatic carbocycles. The van der Waals surface area contributed by atoms with E-state index in [4.69, 9.17) is 4.74 Å². The van der Waals surface area contributed by atoms with Gasteiger partial charge in [0.05, 0.1) is 5.54 Å². The standard InChI is InChI=1S/C27H45NO3/c1-5-6-7-8-9-10-11-12-13-14-15-25-16-18-26(19-17-25)20-21-27(4,28-23(2)29)22-31-24(3)30/h16-19H,5-15,20-22H2,1-4H3,(H,28,29). The van der Waals surface area contributed by atoms with Crippen LogP contribution in [0.5, 0.6) is 0 Å². The van der Waals surface area contributed by atoms with Crippen LogP contribution in [0.4, 0.5) is 0 Å². The normalized spacial score (nSPS) is 12.9. The van der Waals surface area contributed by atoms with E-state index in [1.807, 2.05) is 6.92 Å². The molecule has 0 aliphatic carbocycles. The van der Waals surface area contributed by atoms with Gasteiger partial charge in [0.1, 0.15) is 6.61 Å². The lowest BCUT2D eigenvalue weighted by molar-refractivity contribution is -0.144. The summed E-state index contributed by atoms with van der Waals surface area (Å²) in [5.41, 5.74) is 2.09. The maximum atomic E-state index is 11.5. The minimum Gasteiger partial charge on any atom is -0.463 e. The number of esters is 1. The monoisotopic (exact) mass is 431 g/mol. The zero-order valence-corrected chi connectivity index (χ0v) is 20.4. The average molecular weight is 432 g/mol. The predicted molar refractivity (Wildman–Crippen MR) is 129 cm³/mol. The Labute approximate surface area is 190 Å². The lowest BCUT2D eigenvalue weighted by Gasteiger charge is -2.30. The summed E-state index contributed by atoms with van der Waals surface area (Å²) in [4.78, 5) is 22.7. The van der Waals surface area contributed by atoms with E-state index in [1.54, 1.807) is 0 Å². The van der Waals surface area contributed by atoms with Gasteiger partial charge in [-0.2, -0.15) is 0 Å².